The van der Waals surface area contributed by atoms with Gasteiger partial charge in [0.15, 0.2) is 0 Å². The van der Waals surface area contributed by atoms with E-state index in [4.69, 9.17) is 4.74 Å². The number of carbonyl (C=O) groups excluding carboxylic acids is 1. The molecular weight excluding hydrogens is 302 g/mol. The molecule has 2 amide bonds. The van der Waals surface area contributed by atoms with E-state index in [1.54, 1.807) is 7.11 Å². The van der Waals surface area contributed by atoms with Crippen LogP contribution in [0.15, 0.2) is 0 Å². The number of methoxy groups -OCH3 is 1. The third kappa shape index (κ3) is 4.05. The molecule has 0 aromatic rings. The molecule has 1 N–H and O–H groups in total. The first kappa shape index (κ1) is 18.0. The number of hydrogen-bond donors (Lipinski definition) is 1. The molecule has 2 atom stereocenters. The van der Waals surface area contributed by atoms with E-state index in [0.29, 0.717) is 12.0 Å². The molecule has 2 saturated heterocycles. The lowest BCUT2D eigenvalue weighted by Gasteiger charge is -2.39. The number of likely N-dealkylation sites (tertiary alicyclic amines) is 2. The summed E-state index contributed by atoms with van der Waals surface area (Å²) in [4.78, 5) is 17.3. The standard InChI is InChI=1S/C19H35N3O2/c1-21-11-6-16-7-12-22(17(16)14-21)18(23)20-15-19(10-13-24-2)8-4-3-5-9-19/h16-17H,3-15H2,1-2H3,(H,20,23)/t16-,17+/m1/s1. The van der Waals surface area contributed by atoms with E-state index >= 15 is 0 Å². The lowest BCUT2D eigenvalue weighted by Crippen LogP contribution is -2.52. The van der Waals surface area contributed by atoms with Crippen molar-refractivity contribution in [1.82, 2.24) is 15.1 Å². The van der Waals surface area contributed by atoms with Gasteiger partial charge in [-0.05, 0) is 57.0 Å². The van der Waals surface area contributed by atoms with Crippen molar-refractivity contribution >= 4 is 6.03 Å². The van der Waals surface area contributed by atoms with Gasteiger partial charge in [0.2, 0.25) is 0 Å². The van der Waals surface area contributed by atoms with Crippen molar-refractivity contribution in [2.45, 2.75) is 57.4 Å². The average molecular weight is 338 g/mol. The molecule has 0 bridgehead atoms. The minimum Gasteiger partial charge on any atom is -0.385 e. The summed E-state index contributed by atoms with van der Waals surface area (Å²) < 4.78 is 5.33. The molecule has 5 heteroatoms. The number of amides is 2. The van der Waals surface area contributed by atoms with Gasteiger partial charge in [-0.15, -0.1) is 0 Å². The van der Waals surface area contributed by atoms with Crippen LogP contribution < -0.4 is 5.32 Å². The lowest BCUT2D eigenvalue weighted by molar-refractivity contribution is 0.0961. The topological polar surface area (TPSA) is 44.8 Å². The van der Waals surface area contributed by atoms with Crippen LogP contribution in [0.5, 0.6) is 0 Å². The number of fused-ring (bicyclic) bond motifs is 1. The Hall–Kier alpha value is -0.810. The lowest BCUT2D eigenvalue weighted by atomic mass is 9.72. The van der Waals surface area contributed by atoms with Gasteiger partial charge >= 0.3 is 6.03 Å². The Labute approximate surface area is 147 Å². The second kappa shape index (κ2) is 8.05. The van der Waals surface area contributed by atoms with E-state index in [9.17, 15) is 4.79 Å². The Balaban J connectivity index is 1.55. The molecule has 0 aromatic heterocycles. The highest BCUT2D eigenvalue weighted by Gasteiger charge is 2.40. The maximum Gasteiger partial charge on any atom is 0.317 e. The third-order valence-corrected chi connectivity index (χ3v) is 6.69. The fourth-order valence-electron chi connectivity index (χ4n) is 5.05. The zero-order valence-corrected chi connectivity index (χ0v) is 15.6. The van der Waals surface area contributed by atoms with Gasteiger partial charge in [-0.25, -0.2) is 4.79 Å². The highest BCUT2D eigenvalue weighted by molar-refractivity contribution is 5.75. The minimum absolute atomic E-state index is 0.167. The van der Waals surface area contributed by atoms with E-state index in [2.05, 4.69) is 22.2 Å². The summed E-state index contributed by atoms with van der Waals surface area (Å²) in [6, 6.07) is 0.588. The van der Waals surface area contributed by atoms with Crippen LogP contribution in [0.3, 0.4) is 0 Å². The summed E-state index contributed by atoms with van der Waals surface area (Å²) >= 11 is 0. The summed E-state index contributed by atoms with van der Waals surface area (Å²) in [6.07, 6.45) is 9.86. The molecule has 0 aromatic carbocycles. The molecule has 0 spiro atoms. The van der Waals surface area contributed by atoms with Crippen molar-refractivity contribution in [3.05, 3.63) is 0 Å². The van der Waals surface area contributed by atoms with Crippen molar-refractivity contribution in [2.24, 2.45) is 11.3 Å². The monoisotopic (exact) mass is 337 g/mol. The zero-order chi connectivity index (χ0) is 17.0. The normalized spacial score (nSPS) is 30.2. The molecule has 3 rings (SSSR count). The second-order valence-corrected chi connectivity index (χ2v) is 8.32. The zero-order valence-electron chi connectivity index (χ0n) is 15.6. The summed E-state index contributed by atoms with van der Waals surface area (Å²) in [6.45, 7) is 4.76. The third-order valence-electron chi connectivity index (χ3n) is 6.69. The van der Waals surface area contributed by atoms with Gasteiger partial charge < -0.3 is 19.9 Å². The van der Waals surface area contributed by atoms with Gasteiger partial charge in [-0.1, -0.05) is 19.3 Å². The Bertz CT molecular complexity index is 423. The number of piperidine rings is 1. The Morgan fingerprint density at radius 3 is 2.71 bits per heavy atom. The molecule has 2 aliphatic heterocycles. The van der Waals surface area contributed by atoms with Gasteiger partial charge in [0, 0.05) is 39.4 Å². The molecule has 0 radical (unpaired) electrons. The highest BCUT2D eigenvalue weighted by Crippen LogP contribution is 2.39. The van der Waals surface area contributed by atoms with Gasteiger partial charge in [-0.3, -0.25) is 0 Å². The Morgan fingerprint density at radius 2 is 1.96 bits per heavy atom. The summed E-state index contributed by atoms with van der Waals surface area (Å²) in [5.41, 5.74) is 0.256. The number of nitrogens with zero attached hydrogens (tertiary/aromatic N) is 2. The maximum atomic E-state index is 12.8. The van der Waals surface area contributed by atoms with Crippen molar-refractivity contribution in [2.75, 3.05) is 46.9 Å². The summed E-state index contributed by atoms with van der Waals surface area (Å²) in [5.74, 6) is 0.712. The van der Waals surface area contributed by atoms with Gasteiger partial charge in [0.05, 0.1) is 0 Å². The predicted octanol–water partition coefficient (Wildman–Crippen LogP) is 2.71. The van der Waals surface area contributed by atoms with E-state index in [1.165, 1.54) is 51.5 Å². The molecule has 3 aliphatic rings. The van der Waals surface area contributed by atoms with Crippen LogP contribution in [-0.2, 0) is 4.74 Å². The van der Waals surface area contributed by atoms with Crippen LogP contribution in [0.1, 0.15) is 51.4 Å². The van der Waals surface area contributed by atoms with Crippen molar-refractivity contribution in [3.63, 3.8) is 0 Å². The van der Waals surface area contributed by atoms with E-state index < -0.39 is 0 Å². The smallest absolute Gasteiger partial charge is 0.317 e. The number of likely N-dealkylation sites (N-methyl/N-ethyl adjacent to an activating group) is 1. The molecule has 5 nitrogen and oxygen atoms in total. The number of ether oxygens (including phenoxy) is 1. The number of rotatable bonds is 5. The molecule has 0 unspecified atom stereocenters. The molecule has 138 valence electrons. The Kier molecular flexibility index (Phi) is 6.03. The van der Waals surface area contributed by atoms with Crippen LogP contribution in [0.4, 0.5) is 4.79 Å². The highest BCUT2D eigenvalue weighted by atomic mass is 16.5. The van der Waals surface area contributed by atoms with Crippen LogP contribution in [0, 0.1) is 11.3 Å². The van der Waals surface area contributed by atoms with Crippen molar-refractivity contribution in [3.8, 4) is 0 Å². The minimum atomic E-state index is 0.167. The average Bonchev–Trinajstić information content (AvgIpc) is 3.02. The maximum absolute atomic E-state index is 12.8. The van der Waals surface area contributed by atoms with Gasteiger partial charge in [0.1, 0.15) is 0 Å². The van der Waals surface area contributed by atoms with E-state index in [0.717, 1.165) is 32.7 Å². The summed E-state index contributed by atoms with van der Waals surface area (Å²) in [5, 5.41) is 3.30. The molecule has 2 heterocycles. The largest absolute Gasteiger partial charge is 0.385 e. The van der Waals surface area contributed by atoms with Crippen LogP contribution >= 0.6 is 0 Å². The second-order valence-electron chi connectivity index (χ2n) is 8.32. The van der Waals surface area contributed by atoms with Crippen LogP contribution in [0.25, 0.3) is 0 Å². The molecule has 3 fully saturated rings. The first-order chi connectivity index (χ1) is 11.6. The molecule has 24 heavy (non-hydrogen) atoms. The predicted molar refractivity (Wildman–Crippen MR) is 96.1 cm³/mol. The number of urea groups is 1. The van der Waals surface area contributed by atoms with Crippen molar-refractivity contribution in [1.29, 1.82) is 0 Å². The van der Waals surface area contributed by atoms with Crippen molar-refractivity contribution < 1.29 is 9.53 Å². The number of nitrogens with one attached hydrogen (secondary N) is 1. The Morgan fingerprint density at radius 1 is 1.21 bits per heavy atom. The van der Waals surface area contributed by atoms with E-state index in [-0.39, 0.29) is 11.4 Å². The van der Waals surface area contributed by atoms with Crippen LogP contribution in [0.2, 0.25) is 0 Å². The van der Waals surface area contributed by atoms with Gasteiger partial charge in [0.25, 0.3) is 0 Å². The fourth-order valence-corrected chi connectivity index (χ4v) is 5.05. The van der Waals surface area contributed by atoms with Gasteiger partial charge in [-0.2, -0.15) is 0 Å². The molecule has 1 saturated carbocycles. The number of hydrogen-bond acceptors (Lipinski definition) is 3. The number of carbonyl (C=O) groups is 1. The SMILES string of the molecule is COCCC1(CNC(=O)N2CC[C@H]3CCN(C)C[C@@H]32)CCCCC1. The molecular formula is C19H35N3O2. The van der Waals surface area contributed by atoms with E-state index in [1.807, 2.05) is 0 Å². The quantitative estimate of drug-likeness (QED) is 0.839. The van der Waals surface area contributed by atoms with Crippen LogP contribution in [-0.4, -0.2) is 68.8 Å². The first-order valence-electron chi connectivity index (χ1n) is 9.85. The fraction of sp³-hybridized carbons (Fsp3) is 0.947. The molecule has 1 aliphatic carbocycles. The first-order valence-corrected chi connectivity index (χ1v) is 9.85. The summed E-state index contributed by atoms with van der Waals surface area (Å²) in [7, 11) is 3.95.